The molecule has 1 heterocycles. The Morgan fingerprint density at radius 3 is 2.76 bits per heavy atom. The zero-order valence-electron chi connectivity index (χ0n) is 10.2. The van der Waals surface area contributed by atoms with E-state index in [1.165, 1.54) is 0 Å². The number of aromatic nitrogens is 1. The molecule has 1 rings (SSSR count). The summed E-state index contributed by atoms with van der Waals surface area (Å²) in [5, 5.41) is 17.7. The molecular weight excluding hydrogens is 218 g/mol. The molecule has 0 radical (unpaired) electrons. The molecule has 5 nitrogen and oxygen atoms in total. The monoisotopic (exact) mass is 233 g/mol. The van der Waals surface area contributed by atoms with E-state index in [0.29, 0.717) is 17.9 Å². The molecule has 0 aliphatic rings. The molecule has 1 aromatic heterocycles. The molecule has 0 bridgehead atoms. The number of nitrogens with zero attached hydrogens (tertiary/aromatic N) is 3. The lowest BCUT2D eigenvalue weighted by Crippen LogP contribution is -2.23. The molecule has 5 heteroatoms. The maximum Gasteiger partial charge on any atom is 0.305 e. The number of pyridine rings is 1. The maximum atomic E-state index is 10.5. The number of nitriles is 1. The average Bonchev–Trinajstić information content (AvgIpc) is 2.24. The Bertz CT molecular complexity index is 477. The Kier molecular flexibility index (Phi) is 4.05. The molecule has 0 saturated heterocycles. The van der Waals surface area contributed by atoms with Gasteiger partial charge in [-0.1, -0.05) is 0 Å². The summed E-state index contributed by atoms with van der Waals surface area (Å²) >= 11 is 0. The van der Waals surface area contributed by atoms with Gasteiger partial charge in [-0.05, 0) is 25.5 Å². The number of anilines is 1. The Hall–Kier alpha value is -2.09. The number of aryl methyl sites for hydroxylation is 2. The summed E-state index contributed by atoms with van der Waals surface area (Å²) in [6, 6.07) is 3.95. The molecule has 0 aliphatic heterocycles. The topological polar surface area (TPSA) is 77.2 Å². The van der Waals surface area contributed by atoms with Gasteiger partial charge < -0.3 is 10.0 Å². The lowest BCUT2D eigenvalue weighted by Gasteiger charge is -2.19. The highest BCUT2D eigenvalue weighted by molar-refractivity contribution is 5.68. The Morgan fingerprint density at radius 2 is 2.24 bits per heavy atom. The molecule has 0 amide bonds. The third-order valence-corrected chi connectivity index (χ3v) is 2.46. The van der Waals surface area contributed by atoms with Crippen molar-refractivity contribution < 1.29 is 9.90 Å². The molecular formula is C12H15N3O2. The number of hydrogen-bond donors (Lipinski definition) is 1. The lowest BCUT2D eigenvalue weighted by molar-refractivity contribution is -0.136. The highest BCUT2D eigenvalue weighted by atomic mass is 16.4. The van der Waals surface area contributed by atoms with Crippen molar-refractivity contribution in [2.45, 2.75) is 20.3 Å². The summed E-state index contributed by atoms with van der Waals surface area (Å²) in [6.45, 7) is 4.03. The van der Waals surface area contributed by atoms with Gasteiger partial charge in [-0.3, -0.25) is 4.79 Å². The zero-order valence-corrected chi connectivity index (χ0v) is 10.2. The molecule has 1 N–H and O–H groups in total. The van der Waals surface area contributed by atoms with Crippen LogP contribution < -0.4 is 4.90 Å². The molecule has 17 heavy (non-hydrogen) atoms. The molecule has 0 aliphatic carbocycles. The fourth-order valence-corrected chi connectivity index (χ4v) is 1.60. The standard InChI is InChI=1S/C12H15N3O2/c1-8-6-9(2)14-12(10(8)7-13)15(3)5-4-11(16)17/h6H,4-5H2,1-3H3,(H,16,17). The van der Waals surface area contributed by atoms with Crippen LogP contribution in [0.5, 0.6) is 0 Å². The van der Waals surface area contributed by atoms with E-state index in [1.54, 1.807) is 11.9 Å². The van der Waals surface area contributed by atoms with Crippen LogP contribution >= 0.6 is 0 Å². The van der Waals surface area contributed by atoms with Gasteiger partial charge in [0.05, 0.1) is 12.0 Å². The number of aliphatic carboxylic acids is 1. The second-order valence-corrected chi connectivity index (χ2v) is 3.96. The number of carbonyl (C=O) groups is 1. The van der Waals surface area contributed by atoms with Gasteiger partial charge in [0.1, 0.15) is 11.9 Å². The molecule has 1 aromatic rings. The van der Waals surface area contributed by atoms with E-state index in [0.717, 1.165) is 11.3 Å². The van der Waals surface area contributed by atoms with E-state index in [2.05, 4.69) is 11.1 Å². The van der Waals surface area contributed by atoms with Crippen LogP contribution in [-0.2, 0) is 4.79 Å². The molecule has 0 spiro atoms. The van der Waals surface area contributed by atoms with Crippen LogP contribution in [-0.4, -0.2) is 29.7 Å². The quantitative estimate of drug-likeness (QED) is 0.852. The first-order valence-corrected chi connectivity index (χ1v) is 5.27. The van der Waals surface area contributed by atoms with Crippen LogP contribution in [0.3, 0.4) is 0 Å². The number of carboxylic acid groups (broad SMARTS) is 1. The van der Waals surface area contributed by atoms with Gasteiger partial charge >= 0.3 is 5.97 Å². The van der Waals surface area contributed by atoms with E-state index in [1.807, 2.05) is 19.9 Å². The fraction of sp³-hybridized carbons (Fsp3) is 0.417. The minimum absolute atomic E-state index is 0.0238. The number of rotatable bonds is 4. The predicted molar refractivity (Wildman–Crippen MR) is 63.9 cm³/mol. The second kappa shape index (κ2) is 5.30. The predicted octanol–water partition coefficient (Wildman–Crippen LogP) is 1.48. The Labute approximate surface area is 100 Å². The summed E-state index contributed by atoms with van der Waals surface area (Å²) in [4.78, 5) is 16.5. The summed E-state index contributed by atoms with van der Waals surface area (Å²) in [5.74, 6) is -0.314. The van der Waals surface area contributed by atoms with Crippen molar-refractivity contribution in [1.29, 1.82) is 5.26 Å². The van der Waals surface area contributed by atoms with Crippen molar-refractivity contribution in [3.63, 3.8) is 0 Å². The fourth-order valence-electron chi connectivity index (χ4n) is 1.60. The van der Waals surface area contributed by atoms with Gasteiger partial charge in [-0.15, -0.1) is 0 Å². The van der Waals surface area contributed by atoms with E-state index >= 15 is 0 Å². The van der Waals surface area contributed by atoms with Gasteiger partial charge in [0, 0.05) is 19.3 Å². The molecule has 0 fully saturated rings. The van der Waals surface area contributed by atoms with Crippen molar-refractivity contribution in [3.05, 3.63) is 22.9 Å². The van der Waals surface area contributed by atoms with Gasteiger partial charge in [0.25, 0.3) is 0 Å². The Balaban J connectivity index is 3.04. The van der Waals surface area contributed by atoms with E-state index < -0.39 is 5.97 Å². The van der Waals surface area contributed by atoms with Crippen molar-refractivity contribution >= 4 is 11.8 Å². The zero-order chi connectivity index (χ0) is 13.0. The van der Waals surface area contributed by atoms with Crippen molar-refractivity contribution in [2.75, 3.05) is 18.5 Å². The van der Waals surface area contributed by atoms with Crippen LogP contribution in [0.1, 0.15) is 23.2 Å². The third-order valence-electron chi connectivity index (χ3n) is 2.46. The maximum absolute atomic E-state index is 10.5. The average molecular weight is 233 g/mol. The summed E-state index contributed by atoms with van der Waals surface area (Å²) < 4.78 is 0. The van der Waals surface area contributed by atoms with Crippen LogP contribution in [0, 0.1) is 25.2 Å². The number of hydrogen-bond acceptors (Lipinski definition) is 4. The van der Waals surface area contributed by atoms with E-state index in [4.69, 9.17) is 10.4 Å². The highest BCUT2D eigenvalue weighted by Gasteiger charge is 2.13. The second-order valence-electron chi connectivity index (χ2n) is 3.96. The van der Waals surface area contributed by atoms with Crippen molar-refractivity contribution in [1.82, 2.24) is 4.98 Å². The first-order chi connectivity index (χ1) is 7.95. The number of carboxylic acids is 1. The normalized spacial score (nSPS) is 9.76. The van der Waals surface area contributed by atoms with Crippen LogP contribution in [0.4, 0.5) is 5.82 Å². The van der Waals surface area contributed by atoms with Crippen molar-refractivity contribution in [3.8, 4) is 6.07 Å². The molecule has 0 unspecified atom stereocenters. The van der Waals surface area contributed by atoms with Gasteiger partial charge in [0.2, 0.25) is 0 Å². The molecule has 0 atom stereocenters. The summed E-state index contributed by atoms with van der Waals surface area (Å²) in [7, 11) is 1.74. The smallest absolute Gasteiger partial charge is 0.305 e. The molecule has 90 valence electrons. The van der Waals surface area contributed by atoms with Crippen molar-refractivity contribution in [2.24, 2.45) is 0 Å². The largest absolute Gasteiger partial charge is 0.481 e. The minimum atomic E-state index is -0.861. The minimum Gasteiger partial charge on any atom is -0.481 e. The lowest BCUT2D eigenvalue weighted by atomic mass is 10.1. The van der Waals surface area contributed by atoms with E-state index in [9.17, 15) is 4.79 Å². The van der Waals surface area contributed by atoms with Crippen LogP contribution in [0.2, 0.25) is 0 Å². The SMILES string of the molecule is Cc1cc(C)c(C#N)c(N(C)CCC(=O)O)n1. The van der Waals surface area contributed by atoms with Crippen LogP contribution in [0.25, 0.3) is 0 Å². The van der Waals surface area contributed by atoms with Gasteiger partial charge in [0.15, 0.2) is 0 Å². The Morgan fingerprint density at radius 1 is 1.59 bits per heavy atom. The molecule has 0 saturated carbocycles. The van der Waals surface area contributed by atoms with E-state index in [-0.39, 0.29) is 6.42 Å². The molecule has 0 aromatic carbocycles. The third kappa shape index (κ3) is 3.18. The van der Waals surface area contributed by atoms with Gasteiger partial charge in [-0.2, -0.15) is 5.26 Å². The van der Waals surface area contributed by atoms with Crippen LogP contribution in [0.15, 0.2) is 6.07 Å². The first kappa shape index (κ1) is 13.0. The van der Waals surface area contributed by atoms with Gasteiger partial charge in [-0.25, -0.2) is 4.98 Å². The summed E-state index contributed by atoms with van der Waals surface area (Å²) in [5.41, 5.74) is 2.18. The summed E-state index contributed by atoms with van der Waals surface area (Å²) in [6.07, 6.45) is 0.0238. The highest BCUT2D eigenvalue weighted by Crippen LogP contribution is 2.20. The first-order valence-electron chi connectivity index (χ1n) is 5.27.